The molecule has 0 aromatic heterocycles. The Morgan fingerprint density at radius 1 is 0.913 bits per heavy atom. The highest BCUT2D eigenvalue weighted by Gasteiger charge is 2.08. The Balaban J connectivity index is 2.19. The third-order valence-electron chi connectivity index (χ3n) is 3.27. The van der Waals surface area contributed by atoms with E-state index in [9.17, 15) is 9.18 Å². The molecule has 0 N–H and O–H groups in total. The van der Waals surface area contributed by atoms with Gasteiger partial charge in [0.15, 0.2) is 28.8 Å². The van der Waals surface area contributed by atoms with E-state index >= 15 is 0 Å². The third-order valence-corrected chi connectivity index (χ3v) is 3.27. The van der Waals surface area contributed by atoms with Crippen LogP contribution in [0.4, 0.5) is 4.39 Å². The zero-order valence-corrected chi connectivity index (χ0v) is 13.1. The van der Waals surface area contributed by atoms with E-state index in [1.165, 1.54) is 32.4 Å². The summed E-state index contributed by atoms with van der Waals surface area (Å²) in [4.78, 5) is 12.1. The minimum absolute atomic E-state index is 0.102. The predicted molar refractivity (Wildman–Crippen MR) is 85.9 cm³/mol. The Kier molecular flexibility index (Phi) is 5.36. The van der Waals surface area contributed by atoms with Crippen molar-refractivity contribution in [1.82, 2.24) is 0 Å². The molecule has 0 spiro atoms. The standard InChI is InChI=1S/C18H17FO4/c1-21-16-9-6-13(11-14(16)19)15(20)7-4-12-5-8-17(22-2)18(10-12)23-3/h4-11H,1-3H3/b7-4+. The molecule has 4 nitrogen and oxygen atoms in total. The van der Waals surface area contributed by atoms with Gasteiger partial charge < -0.3 is 14.2 Å². The Labute approximate surface area is 134 Å². The fourth-order valence-corrected chi connectivity index (χ4v) is 2.04. The summed E-state index contributed by atoms with van der Waals surface area (Å²) in [6, 6.07) is 9.38. The molecule has 23 heavy (non-hydrogen) atoms. The second kappa shape index (κ2) is 7.45. The molecule has 0 radical (unpaired) electrons. The van der Waals surface area contributed by atoms with Crippen molar-refractivity contribution in [1.29, 1.82) is 0 Å². The normalized spacial score (nSPS) is 10.6. The van der Waals surface area contributed by atoms with E-state index in [-0.39, 0.29) is 17.1 Å². The molecule has 2 aromatic carbocycles. The van der Waals surface area contributed by atoms with Crippen LogP contribution >= 0.6 is 0 Å². The summed E-state index contributed by atoms with van der Waals surface area (Å²) in [7, 11) is 4.46. The van der Waals surface area contributed by atoms with Gasteiger partial charge in [0.25, 0.3) is 0 Å². The lowest BCUT2D eigenvalue weighted by Crippen LogP contribution is -1.97. The summed E-state index contributed by atoms with van der Waals surface area (Å²) in [6.45, 7) is 0. The summed E-state index contributed by atoms with van der Waals surface area (Å²) in [6.07, 6.45) is 3.01. The number of halogens is 1. The zero-order chi connectivity index (χ0) is 16.8. The van der Waals surface area contributed by atoms with Crippen LogP contribution in [-0.2, 0) is 0 Å². The van der Waals surface area contributed by atoms with Crippen molar-refractivity contribution < 1.29 is 23.4 Å². The molecule has 120 valence electrons. The van der Waals surface area contributed by atoms with Crippen LogP contribution in [0.3, 0.4) is 0 Å². The summed E-state index contributed by atoms with van der Waals surface area (Å²) in [5, 5.41) is 0. The molecule has 0 heterocycles. The van der Waals surface area contributed by atoms with Crippen LogP contribution in [0, 0.1) is 5.82 Å². The molecule has 2 rings (SSSR count). The van der Waals surface area contributed by atoms with Gasteiger partial charge in [0, 0.05) is 5.56 Å². The fourth-order valence-electron chi connectivity index (χ4n) is 2.04. The van der Waals surface area contributed by atoms with E-state index < -0.39 is 5.82 Å². The van der Waals surface area contributed by atoms with Gasteiger partial charge in [-0.25, -0.2) is 4.39 Å². The highest BCUT2D eigenvalue weighted by Crippen LogP contribution is 2.28. The van der Waals surface area contributed by atoms with E-state index in [4.69, 9.17) is 14.2 Å². The van der Waals surface area contributed by atoms with E-state index in [0.29, 0.717) is 11.5 Å². The summed E-state index contributed by atoms with van der Waals surface area (Å²) >= 11 is 0. The monoisotopic (exact) mass is 316 g/mol. The fraction of sp³-hybridized carbons (Fsp3) is 0.167. The molecule has 5 heteroatoms. The molecule has 0 fully saturated rings. The maximum Gasteiger partial charge on any atom is 0.185 e. The van der Waals surface area contributed by atoms with Crippen molar-refractivity contribution >= 4 is 11.9 Å². The maximum atomic E-state index is 13.6. The summed E-state index contributed by atoms with van der Waals surface area (Å²) in [5.41, 5.74) is 1.02. The molecule has 0 saturated carbocycles. The van der Waals surface area contributed by atoms with Crippen molar-refractivity contribution in [3.63, 3.8) is 0 Å². The van der Waals surface area contributed by atoms with Crippen LogP contribution < -0.4 is 14.2 Å². The second-order valence-electron chi connectivity index (χ2n) is 4.66. The molecule has 0 unspecified atom stereocenters. The lowest BCUT2D eigenvalue weighted by Gasteiger charge is -2.07. The highest BCUT2D eigenvalue weighted by atomic mass is 19.1. The third kappa shape index (κ3) is 3.88. The van der Waals surface area contributed by atoms with Crippen molar-refractivity contribution in [2.75, 3.05) is 21.3 Å². The largest absolute Gasteiger partial charge is 0.494 e. The van der Waals surface area contributed by atoms with Gasteiger partial charge in [0.05, 0.1) is 21.3 Å². The van der Waals surface area contributed by atoms with E-state index in [1.807, 2.05) is 0 Å². The Morgan fingerprint density at radius 2 is 1.57 bits per heavy atom. The van der Waals surface area contributed by atoms with Gasteiger partial charge >= 0.3 is 0 Å². The van der Waals surface area contributed by atoms with Gasteiger partial charge in [0.1, 0.15) is 0 Å². The van der Waals surface area contributed by atoms with Gasteiger partial charge in [-0.3, -0.25) is 4.79 Å². The first-order valence-corrected chi connectivity index (χ1v) is 6.87. The number of allylic oxidation sites excluding steroid dienone is 1. The molecule has 0 bridgehead atoms. The van der Waals surface area contributed by atoms with Crippen molar-refractivity contribution in [3.05, 3.63) is 59.4 Å². The van der Waals surface area contributed by atoms with Gasteiger partial charge in [-0.15, -0.1) is 0 Å². The molecule has 0 aliphatic rings. The molecule has 0 atom stereocenters. The topological polar surface area (TPSA) is 44.8 Å². The molecule has 0 aliphatic heterocycles. The smallest absolute Gasteiger partial charge is 0.185 e. The van der Waals surface area contributed by atoms with Crippen LogP contribution in [0.5, 0.6) is 17.2 Å². The second-order valence-corrected chi connectivity index (χ2v) is 4.66. The van der Waals surface area contributed by atoms with Crippen molar-refractivity contribution in [2.24, 2.45) is 0 Å². The van der Waals surface area contributed by atoms with Gasteiger partial charge in [-0.1, -0.05) is 12.1 Å². The number of carbonyl (C=O) groups is 1. The predicted octanol–water partition coefficient (Wildman–Crippen LogP) is 3.75. The molecule has 0 saturated heterocycles. The average Bonchev–Trinajstić information content (AvgIpc) is 2.59. The first-order valence-electron chi connectivity index (χ1n) is 6.87. The van der Waals surface area contributed by atoms with E-state index in [2.05, 4.69) is 0 Å². The number of ketones is 1. The zero-order valence-electron chi connectivity index (χ0n) is 13.1. The van der Waals surface area contributed by atoms with E-state index in [0.717, 1.165) is 11.6 Å². The average molecular weight is 316 g/mol. The quantitative estimate of drug-likeness (QED) is 0.601. The van der Waals surface area contributed by atoms with Crippen LogP contribution in [0.2, 0.25) is 0 Å². The van der Waals surface area contributed by atoms with Crippen molar-refractivity contribution in [2.45, 2.75) is 0 Å². The molecular formula is C18H17FO4. The van der Waals surface area contributed by atoms with Crippen LogP contribution in [0.25, 0.3) is 6.08 Å². The van der Waals surface area contributed by atoms with Gasteiger partial charge in [0.2, 0.25) is 0 Å². The van der Waals surface area contributed by atoms with Crippen molar-refractivity contribution in [3.8, 4) is 17.2 Å². The Hall–Kier alpha value is -2.82. The number of hydrogen-bond donors (Lipinski definition) is 0. The minimum Gasteiger partial charge on any atom is -0.494 e. The SMILES string of the molecule is COc1ccc(C(=O)/C=C/c2ccc(OC)c(OC)c2)cc1F. The number of hydrogen-bond acceptors (Lipinski definition) is 4. The first-order chi connectivity index (χ1) is 11.1. The number of ether oxygens (including phenoxy) is 3. The Morgan fingerprint density at radius 3 is 2.17 bits per heavy atom. The molecular weight excluding hydrogens is 299 g/mol. The molecule has 2 aromatic rings. The van der Waals surface area contributed by atoms with Crippen LogP contribution in [0.1, 0.15) is 15.9 Å². The summed E-state index contributed by atoms with van der Waals surface area (Å²) < 4.78 is 28.8. The number of benzene rings is 2. The lowest BCUT2D eigenvalue weighted by molar-refractivity contribution is 0.104. The maximum absolute atomic E-state index is 13.6. The van der Waals surface area contributed by atoms with E-state index in [1.54, 1.807) is 31.4 Å². The summed E-state index contributed by atoms with van der Waals surface area (Å²) in [5.74, 6) is 0.399. The first kappa shape index (κ1) is 16.5. The van der Waals surface area contributed by atoms with Gasteiger partial charge in [-0.2, -0.15) is 0 Å². The molecule has 0 aliphatic carbocycles. The van der Waals surface area contributed by atoms with Gasteiger partial charge in [-0.05, 0) is 42.0 Å². The number of carbonyl (C=O) groups excluding carboxylic acids is 1. The molecule has 0 amide bonds. The lowest BCUT2D eigenvalue weighted by atomic mass is 10.1. The minimum atomic E-state index is -0.571. The highest BCUT2D eigenvalue weighted by molar-refractivity contribution is 6.06. The van der Waals surface area contributed by atoms with Crippen LogP contribution in [-0.4, -0.2) is 27.1 Å². The Bertz CT molecular complexity index is 738. The number of methoxy groups -OCH3 is 3. The number of rotatable bonds is 6. The van der Waals surface area contributed by atoms with Crippen LogP contribution in [0.15, 0.2) is 42.5 Å².